The van der Waals surface area contributed by atoms with Crippen LogP contribution in [0.25, 0.3) is 0 Å². The van der Waals surface area contributed by atoms with Crippen LogP contribution in [0, 0.1) is 15.4 Å². The van der Waals surface area contributed by atoms with E-state index in [2.05, 4.69) is 36.4 Å². The van der Waals surface area contributed by atoms with Crippen molar-refractivity contribution < 1.29 is 23.9 Å². The Morgan fingerprint density at radius 1 is 0.806 bits per heavy atom. The molecule has 36 heavy (non-hydrogen) atoms. The van der Waals surface area contributed by atoms with Crippen LogP contribution in [0.2, 0.25) is 0 Å². The van der Waals surface area contributed by atoms with Gasteiger partial charge in [0.05, 0.1) is 23.6 Å². The first-order valence-electron chi connectivity index (χ1n) is 11.9. The number of imide groups is 1. The van der Waals surface area contributed by atoms with Crippen molar-refractivity contribution in [2.45, 2.75) is 31.5 Å². The lowest BCUT2D eigenvalue weighted by molar-refractivity contribution is -0.127. The molecule has 0 radical (unpaired) electrons. The van der Waals surface area contributed by atoms with Crippen LogP contribution in [-0.4, -0.2) is 29.0 Å². The summed E-state index contributed by atoms with van der Waals surface area (Å²) in [7, 11) is 0. The Bertz CT molecular complexity index is 1430. The van der Waals surface area contributed by atoms with E-state index >= 15 is 0 Å². The molecule has 2 fully saturated rings. The number of rotatable bonds is 3. The minimum absolute atomic E-state index is 0.227. The number of carbonyl (C=O) groups is 4. The van der Waals surface area contributed by atoms with Gasteiger partial charge in [-0.3, -0.25) is 19.2 Å². The zero-order valence-corrected chi connectivity index (χ0v) is 21.8. The third kappa shape index (κ3) is 2.99. The molecule has 3 atom stereocenters. The molecular weight excluding hydrogens is 569 g/mol. The minimum atomic E-state index is -2.06. The maximum absolute atomic E-state index is 14.0. The van der Waals surface area contributed by atoms with E-state index in [1.807, 2.05) is 30.3 Å². The van der Waals surface area contributed by atoms with Gasteiger partial charge in [-0.2, -0.15) is 0 Å². The van der Waals surface area contributed by atoms with Gasteiger partial charge in [-0.05, 0) is 51.8 Å². The van der Waals surface area contributed by atoms with Crippen molar-refractivity contribution in [1.82, 2.24) is 0 Å². The van der Waals surface area contributed by atoms with Crippen molar-refractivity contribution in [1.29, 1.82) is 0 Å². The number of anilines is 1. The zero-order chi connectivity index (χ0) is 25.4. The molecule has 0 aromatic heterocycles. The number of Topliss-reactive ketones (excluding diaryl/α,β-unsaturated/α-hetero) is 2. The van der Waals surface area contributed by atoms with Crippen molar-refractivity contribution in [2.75, 3.05) is 4.90 Å². The highest BCUT2D eigenvalue weighted by Crippen LogP contribution is 2.57. The molecule has 2 heterocycles. The zero-order valence-electron chi connectivity index (χ0n) is 19.6. The lowest BCUT2D eigenvalue weighted by atomic mass is 9.77. The van der Waals surface area contributed by atoms with E-state index in [-0.39, 0.29) is 11.1 Å². The third-order valence-electron chi connectivity index (χ3n) is 7.54. The number of ketones is 2. The molecule has 0 saturated carbocycles. The molecule has 6 rings (SSSR count). The molecule has 7 heteroatoms. The molecule has 3 aliphatic rings. The predicted molar refractivity (Wildman–Crippen MR) is 141 cm³/mol. The number of hydrogen-bond acceptors (Lipinski definition) is 5. The normalized spacial score (nSPS) is 24.2. The highest BCUT2D eigenvalue weighted by molar-refractivity contribution is 14.1. The Morgan fingerprint density at radius 3 is 1.97 bits per heavy atom. The fraction of sp³-hybridized carbons (Fsp3) is 0.241. The molecule has 3 aromatic carbocycles. The summed E-state index contributed by atoms with van der Waals surface area (Å²) in [5.41, 5.74) is 0.612. The first-order chi connectivity index (χ1) is 17.3. The van der Waals surface area contributed by atoms with Gasteiger partial charge in [-0.25, -0.2) is 4.90 Å². The summed E-state index contributed by atoms with van der Waals surface area (Å²) in [5.74, 6) is -4.08. The van der Waals surface area contributed by atoms with Gasteiger partial charge in [0, 0.05) is 14.7 Å². The average molecular weight is 591 g/mol. The van der Waals surface area contributed by atoms with Gasteiger partial charge in [0.1, 0.15) is 0 Å². The first-order valence-corrected chi connectivity index (χ1v) is 12.9. The van der Waals surface area contributed by atoms with E-state index in [0.717, 1.165) is 14.0 Å². The monoisotopic (exact) mass is 591 g/mol. The lowest BCUT2D eigenvalue weighted by Gasteiger charge is -2.27. The highest BCUT2D eigenvalue weighted by atomic mass is 127. The molecule has 2 saturated heterocycles. The third-order valence-corrected chi connectivity index (χ3v) is 8.46. The number of hydrogen-bond donors (Lipinski definition) is 0. The van der Waals surface area contributed by atoms with E-state index in [1.54, 1.807) is 42.5 Å². The molecule has 3 aromatic rings. The number of ether oxygens (including phenoxy) is 1. The van der Waals surface area contributed by atoms with E-state index in [9.17, 15) is 19.2 Å². The van der Waals surface area contributed by atoms with Crippen LogP contribution >= 0.6 is 22.6 Å². The van der Waals surface area contributed by atoms with Gasteiger partial charge >= 0.3 is 0 Å². The van der Waals surface area contributed by atoms with Crippen LogP contribution in [-0.2, 0) is 14.3 Å². The second kappa shape index (κ2) is 8.18. The van der Waals surface area contributed by atoms with Crippen LogP contribution in [0.3, 0.4) is 0 Å². The van der Waals surface area contributed by atoms with E-state index in [0.29, 0.717) is 17.2 Å². The predicted octanol–water partition coefficient (Wildman–Crippen LogP) is 5.11. The Labute approximate surface area is 221 Å². The Kier molecular flexibility index (Phi) is 5.28. The van der Waals surface area contributed by atoms with E-state index in [1.165, 1.54) is 0 Å². The van der Waals surface area contributed by atoms with Crippen molar-refractivity contribution in [3.63, 3.8) is 0 Å². The first kappa shape index (κ1) is 23.2. The summed E-state index contributed by atoms with van der Waals surface area (Å²) in [6.07, 6.45) is -0.916. The summed E-state index contributed by atoms with van der Waals surface area (Å²) in [4.78, 5) is 56.7. The van der Waals surface area contributed by atoms with Gasteiger partial charge < -0.3 is 4.74 Å². The average Bonchev–Trinajstić information content (AvgIpc) is 3.45. The van der Waals surface area contributed by atoms with Crippen LogP contribution in [0.1, 0.15) is 57.7 Å². The van der Waals surface area contributed by atoms with Gasteiger partial charge in [0.2, 0.25) is 29.0 Å². The number of nitrogens with zero attached hydrogens (tertiary/aromatic N) is 1. The molecular formula is C29H22INO5. The topological polar surface area (TPSA) is 80.8 Å². The summed E-state index contributed by atoms with van der Waals surface area (Å²) in [6, 6.07) is 21.2. The van der Waals surface area contributed by atoms with Gasteiger partial charge in [0.15, 0.2) is 0 Å². The molecule has 1 aliphatic carbocycles. The molecule has 2 amide bonds. The molecule has 0 bridgehead atoms. The number of halogens is 1. The summed E-state index contributed by atoms with van der Waals surface area (Å²) in [6.45, 7) is 4.16. The Balaban J connectivity index is 1.53. The van der Waals surface area contributed by atoms with Gasteiger partial charge in [-0.15, -0.1) is 0 Å². The summed E-state index contributed by atoms with van der Waals surface area (Å²) >= 11 is 2.08. The van der Waals surface area contributed by atoms with Crippen LogP contribution in [0.5, 0.6) is 0 Å². The summed E-state index contributed by atoms with van der Waals surface area (Å²) < 4.78 is 7.08. The smallest absolute Gasteiger partial charge is 0.241 e. The maximum Gasteiger partial charge on any atom is 0.241 e. The Morgan fingerprint density at radius 2 is 1.39 bits per heavy atom. The number of fused-ring (bicyclic) bond motifs is 3. The van der Waals surface area contributed by atoms with Gasteiger partial charge in [-0.1, -0.05) is 74.5 Å². The van der Waals surface area contributed by atoms with Gasteiger partial charge in [0.25, 0.3) is 0 Å². The highest BCUT2D eigenvalue weighted by Gasteiger charge is 2.74. The van der Waals surface area contributed by atoms with Crippen LogP contribution in [0.4, 0.5) is 5.69 Å². The van der Waals surface area contributed by atoms with Crippen molar-refractivity contribution in [3.8, 4) is 0 Å². The van der Waals surface area contributed by atoms with E-state index in [4.69, 9.17) is 4.74 Å². The largest absolute Gasteiger partial charge is 0.349 e. The number of amides is 2. The standard InChI is InChI=1S/C29H22INO5/c1-15(2)16-11-13-17(14-12-16)24-22-23(28(35)31(27(22)34)21-10-6-5-9-20(21)30)29(36-24)25(32)18-7-3-4-8-19(18)26(29)33/h3-15,22-24H,1-2H3. The van der Waals surface area contributed by atoms with Crippen molar-refractivity contribution >= 4 is 51.7 Å². The fourth-order valence-corrected chi connectivity index (χ4v) is 6.39. The number of benzene rings is 3. The fourth-order valence-electron chi connectivity index (χ4n) is 5.76. The maximum atomic E-state index is 14.0. The SMILES string of the molecule is CC(C)c1ccc(C2OC3(C(=O)c4ccccc4C3=O)C3C(=O)N(c4ccccc4I)C(=O)C23)cc1. The van der Waals surface area contributed by atoms with Crippen LogP contribution in [0.15, 0.2) is 72.8 Å². The molecule has 6 nitrogen and oxygen atoms in total. The molecule has 3 unspecified atom stereocenters. The number of para-hydroxylation sites is 1. The number of carbonyl (C=O) groups excluding carboxylic acids is 4. The Hall–Kier alpha value is -3.17. The van der Waals surface area contributed by atoms with Crippen LogP contribution < -0.4 is 4.90 Å². The lowest BCUT2D eigenvalue weighted by Crippen LogP contribution is -2.51. The molecule has 0 N–H and O–H groups in total. The minimum Gasteiger partial charge on any atom is -0.349 e. The molecule has 2 aliphatic heterocycles. The molecule has 180 valence electrons. The summed E-state index contributed by atoms with van der Waals surface area (Å²) in [5, 5.41) is 0. The van der Waals surface area contributed by atoms with E-state index < -0.39 is 46.9 Å². The second-order valence-electron chi connectivity index (χ2n) is 9.77. The second-order valence-corrected chi connectivity index (χ2v) is 10.9. The van der Waals surface area contributed by atoms with Crippen molar-refractivity contribution in [3.05, 3.63) is 98.6 Å². The molecule has 1 spiro atoms. The van der Waals surface area contributed by atoms with Crippen molar-refractivity contribution in [2.24, 2.45) is 11.8 Å². The quantitative estimate of drug-likeness (QED) is 0.240.